The molecule has 0 amide bonds. The minimum atomic E-state index is -3.71. The number of anilines is 1. The van der Waals surface area contributed by atoms with Crippen molar-refractivity contribution in [1.29, 1.82) is 0 Å². The largest absolute Gasteiger partial charge is 0.298 e. The van der Waals surface area contributed by atoms with Gasteiger partial charge in [0.15, 0.2) is 0 Å². The van der Waals surface area contributed by atoms with Crippen molar-refractivity contribution in [1.82, 2.24) is 0 Å². The van der Waals surface area contributed by atoms with E-state index in [4.69, 9.17) is 11.6 Å². The van der Waals surface area contributed by atoms with Crippen molar-refractivity contribution >= 4 is 33.6 Å². The van der Waals surface area contributed by atoms with Gasteiger partial charge in [0.25, 0.3) is 10.0 Å². The first-order chi connectivity index (χ1) is 9.01. The van der Waals surface area contributed by atoms with Crippen molar-refractivity contribution in [3.05, 3.63) is 59.1 Å². The summed E-state index contributed by atoms with van der Waals surface area (Å²) >= 11 is 5.76. The smallest absolute Gasteiger partial charge is 0.261 e. The van der Waals surface area contributed by atoms with E-state index < -0.39 is 10.0 Å². The third kappa shape index (κ3) is 3.33. The van der Waals surface area contributed by atoms with Crippen molar-refractivity contribution in [3.8, 4) is 0 Å². The maximum absolute atomic E-state index is 12.1. The van der Waals surface area contributed by atoms with Crippen LogP contribution >= 0.6 is 11.6 Å². The van der Waals surface area contributed by atoms with Gasteiger partial charge in [-0.3, -0.25) is 9.52 Å². The molecule has 0 bridgehead atoms. The van der Waals surface area contributed by atoms with Crippen molar-refractivity contribution in [3.63, 3.8) is 0 Å². The van der Waals surface area contributed by atoms with Gasteiger partial charge in [-0.25, -0.2) is 8.42 Å². The highest BCUT2D eigenvalue weighted by Crippen LogP contribution is 2.19. The Bertz CT molecular complexity index is 713. The normalized spacial score (nSPS) is 11.0. The molecule has 0 spiro atoms. The van der Waals surface area contributed by atoms with Crippen molar-refractivity contribution in [2.75, 3.05) is 4.72 Å². The van der Waals surface area contributed by atoms with Crippen LogP contribution in [0.1, 0.15) is 10.4 Å². The maximum atomic E-state index is 12.1. The molecule has 0 radical (unpaired) electrons. The van der Waals surface area contributed by atoms with E-state index in [-0.39, 0.29) is 4.90 Å². The summed E-state index contributed by atoms with van der Waals surface area (Å²) in [6.07, 6.45) is 0.650. The van der Waals surface area contributed by atoms with E-state index >= 15 is 0 Å². The van der Waals surface area contributed by atoms with E-state index in [2.05, 4.69) is 4.72 Å². The number of halogens is 1. The van der Waals surface area contributed by atoms with Gasteiger partial charge in [0.2, 0.25) is 0 Å². The molecule has 0 aromatic heterocycles. The van der Waals surface area contributed by atoms with E-state index in [1.807, 2.05) is 0 Å². The maximum Gasteiger partial charge on any atom is 0.261 e. The first kappa shape index (κ1) is 13.6. The highest BCUT2D eigenvalue weighted by Gasteiger charge is 2.14. The van der Waals surface area contributed by atoms with Gasteiger partial charge < -0.3 is 0 Å². The summed E-state index contributed by atoms with van der Waals surface area (Å²) in [5.41, 5.74) is 0.718. The lowest BCUT2D eigenvalue weighted by Gasteiger charge is -2.08. The summed E-state index contributed by atoms with van der Waals surface area (Å²) in [4.78, 5) is 10.7. The van der Waals surface area contributed by atoms with Crippen LogP contribution in [0.5, 0.6) is 0 Å². The minimum absolute atomic E-state index is 0.0662. The van der Waals surface area contributed by atoms with Crippen LogP contribution in [0.2, 0.25) is 5.02 Å². The molecule has 0 unspecified atom stereocenters. The predicted molar refractivity (Wildman–Crippen MR) is 74.1 cm³/mol. The second-order valence-electron chi connectivity index (χ2n) is 3.81. The fraction of sp³-hybridized carbons (Fsp3) is 0. The van der Waals surface area contributed by atoms with Crippen LogP contribution in [0.15, 0.2) is 53.4 Å². The number of carbonyl (C=O) groups excluding carboxylic acids is 1. The monoisotopic (exact) mass is 295 g/mol. The number of hydrogen-bond acceptors (Lipinski definition) is 3. The van der Waals surface area contributed by atoms with Crippen LogP contribution in [0.4, 0.5) is 5.69 Å². The van der Waals surface area contributed by atoms with Crippen molar-refractivity contribution < 1.29 is 13.2 Å². The van der Waals surface area contributed by atoms with Crippen LogP contribution in [-0.2, 0) is 10.0 Å². The van der Waals surface area contributed by atoms with Crippen LogP contribution in [-0.4, -0.2) is 14.7 Å². The van der Waals surface area contributed by atoms with Gasteiger partial charge in [-0.1, -0.05) is 29.8 Å². The molecular formula is C13H10ClNO3S. The van der Waals surface area contributed by atoms with E-state index in [0.29, 0.717) is 22.6 Å². The molecule has 98 valence electrons. The van der Waals surface area contributed by atoms with Gasteiger partial charge in [-0.15, -0.1) is 0 Å². The number of benzene rings is 2. The molecule has 0 saturated heterocycles. The van der Waals surface area contributed by atoms with Gasteiger partial charge in [-0.05, 0) is 30.3 Å². The molecule has 0 aliphatic heterocycles. The fourth-order valence-corrected chi connectivity index (χ4v) is 2.87. The second kappa shape index (κ2) is 5.42. The van der Waals surface area contributed by atoms with Gasteiger partial charge in [-0.2, -0.15) is 0 Å². The number of sulfonamides is 1. The standard InChI is InChI=1S/C13H10ClNO3S/c14-11-4-2-6-13(8-11)19(17,18)15-12-5-1-3-10(7-12)9-16/h1-9,15H. The van der Waals surface area contributed by atoms with E-state index in [1.54, 1.807) is 30.3 Å². The average Bonchev–Trinajstić information content (AvgIpc) is 2.38. The molecular weight excluding hydrogens is 286 g/mol. The molecule has 4 nitrogen and oxygen atoms in total. The summed E-state index contributed by atoms with van der Waals surface area (Å²) in [7, 11) is -3.71. The highest BCUT2D eigenvalue weighted by molar-refractivity contribution is 7.92. The fourth-order valence-electron chi connectivity index (χ4n) is 1.52. The summed E-state index contributed by atoms with van der Waals surface area (Å²) in [6.45, 7) is 0. The second-order valence-corrected chi connectivity index (χ2v) is 5.93. The lowest BCUT2D eigenvalue weighted by molar-refractivity contribution is 0.112. The molecule has 1 N–H and O–H groups in total. The first-order valence-electron chi connectivity index (χ1n) is 5.35. The Labute approximate surface area is 116 Å². The number of rotatable bonds is 4. The molecule has 0 fully saturated rings. The molecule has 6 heteroatoms. The predicted octanol–water partition coefficient (Wildman–Crippen LogP) is 2.95. The first-order valence-corrected chi connectivity index (χ1v) is 7.21. The Kier molecular flexibility index (Phi) is 3.87. The van der Waals surface area contributed by atoms with Gasteiger partial charge in [0, 0.05) is 16.3 Å². The summed E-state index contributed by atoms with van der Waals surface area (Å²) in [5, 5.41) is 0.338. The average molecular weight is 296 g/mol. The zero-order valence-electron chi connectivity index (χ0n) is 9.71. The number of aldehydes is 1. The molecule has 0 aliphatic carbocycles. The van der Waals surface area contributed by atoms with Crippen molar-refractivity contribution in [2.24, 2.45) is 0 Å². The number of nitrogens with one attached hydrogen (secondary N) is 1. The van der Waals surface area contributed by atoms with Crippen molar-refractivity contribution in [2.45, 2.75) is 4.90 Å². The Morgan fingerprint density at radius 2 is 1.79 bits per heavy atom. The third-order valence-corrected chi connectivity index (χ3v) is 4.00. The Balaban J connectivity index is 2.33. The molecule has 0 atom stereocenters. The van der Waals surface area contributed by atoms with Crippen LogP contribution in [0, 0.1) is 0 Å². The van der Waals surface area contributed by atoms with E-state index in [1.165, 1.54) is 18.2 Å². The summed E-state index contributed by atoms with van der Waals surface area (Å²) in [5.74, 6) is 0. The minimum Gasteiger partial charge on any atom is -0.298 e. The molecule has 2 aromatic rings. The van der Waals surface area contributed by atoms with Gasteiger partial charge >= 0.3 is 0 Å². The molecule has 2 rings (SSSR count). The SMILES string of the molecule is O=Cc1cccc(NS(=O)(=O)c2cccc(Cl)c2)c1. The van der Waals surface area contributed by atoms with E-state index in [0.717, 1.165) is 0 Å². The Morgan fingerprint density at radius 3 is 2.47 bits per heavy atom. The van der Waals surface area contributed by atoms with Gasteiger partial charge in [0.1, 0.15) is 6.29 Å². The Morgan fingerprint density at radius 1 is 1.05 bits per heavy atom. The zero-order chi connectivity index (χ0) is 13.9. The lowest BCUT2D eigenvalue weighted by Crippen LogP contribution is -2.12. The van der Waals surface area contributed by atoms with Crippen LogP contribution < -0.4 is 4.72 Å². The lowest BCUT2D eigenvalue weighted by atomic mass is 10.2. The number of hydrogen-bond donors (Lipinski definition) is 1. The summed E-state index contributed by atoms with van der Waals surface area (Å²) in [6, 6.07) is 12.1. The Hall–Kier alpha value is -1.85. The van der Waals surface area contributed by atoms with Crippen LogP contribution in [0.3, 0.4) is 0 Å². The molecule has 0 aliphatic rings. The van der Waals surface area contributed by atoms with E-state index in [9.17, 15) is 13.2 Å². The third-order valence-electron chi connectivity index (χ3n) is 2.38. The molecule has 0 heterocycles. The highest BCUT2D eigenvalue weighted by atomic mass is 35.5. The topological polar surface area (TPSA) is 63.2 Å². The number of carbonyl (C=O) groups is 1. The van der Waals surface area contributed by atoms with Crippen LogP contribution in [0.25, 0.3) is 0 Å². The molecule has 19 heavy (non-hydrogen) atoms. The molecule has 0 saturated carbocycles. The summed E-state index contributed by atoms with van der Waals surface area (Å²) < 4.78 is 26.6. The van der Waals surface area contributed by atoms with Gasteiger partial charge in [0.05, 0.1) is 4.90 Å². The quantitative estimate of drug-likeness (QED) is 0.882. The zero-order valence-corrected chi connectivity index (χ0v) is 11.3. The molecule has 2 aromatic carbocycles.